The monoisotopic (exact) mass is 426 g/mol. The molecule has 1 unspecified atom stereocenters. The molecule has 158 valence electrons. The Morgan fingerprint density at radius 3 is 2.73 bits per heavy atom. The van der Waals surface area contributed by atoms with Crippen LogP contribution < -0.4 is 14.8 Å². The molecular formula is C23H26N2O4S. The van der Waals surface area contributed by atoms with Crippen LogP contribution in [0.1, 0.15) is 46.3 Å². The van der Waals surface area contributed by atoms with Gasteiger partial charge in [-0.25, -0.2) is 0 Å². The number of carbonyl (C=O) groups excluding carboxylic acids is 2. The molecule has 2 aliphatic heterocycles. The smallest absolute Gasteiger partial charge is 0.263 e. The zero-order valence-electron chi connectivity index (χ0n) is 17.1. The van der Waals surface area contributed by atoms with Gasteiger partial charge in [0.2, 0.25) is 12.7 Å². The minimum Gasteiger partial charge on any atom is -0.454 e. The summed E-state index contributed by atoms with van der Waals surface area (Å²) in [5, 5.41) is 2.98. The van der Waals surface area contributed by atoms with Crippen molar-refractivity contribution in [3.8, 4) is 11.5 Å². The topological polar surface area (TPSA) is 67.9 Å². The number of anilines is 1. The second-order valence-electron chi connectivity index (χ2n) is 8.53. The first-order valence-corrected chi connectivity index (χ1v) is 11.5. The van der Waals surface area contributed by atoms with E-state index in [1.807, 2.05) is 11.0 Å². The van der Waals surface area contributed by atoms with Gasteiger partial charge in [-0.1, -0.05) is 6.92 Å². The van der Waals surface area contributed by atoms with Gasteiger partial charge in [0.05, 0.1) is 4.88 Å². The minimum atomic E-state index is -0.0862. The van der Waals surface area contributed by atoms with Crippen LogP contribution in [0, 0.1) is 11.8 Å². The highest BCUT2D eigenvalue weighted by Crippen LogP contribution is 2.35. The zero-order valence-corrected chi connectivity index (χ0v) is 17.9. The maximum Gasteiger partial charge on any atom is 0.263 e. The first-order valence-electron chi connectivity index (χ1n) is 10.7. The number of hydrogen-bond donors (Lipinski definition) is 1. The van der Waals surface area contributed by atoms with Crippen molar-refractivity contribution < 1.29 is 19.1 Å². The predicted octanol–water partition coefficient (Wildman–Crippen LogP) is 4.09. The molecule has 1 N–H and O–H groups in total. The van der Waals surface area contributed by atoms with Gasteiger partial charge in [0.25, 0.3) is 5.91 Å². The Morgan fingerprint density at radius 2 is 1.90 bits per heavy atom. The summed E-state index contributed by atoms with van der Waals surface area (Å²) in [7, 11) is 0. The van der Waals surface area contributed by atoms with Gasteiger partial charge < -0.3 is 19.7 Å². The van der Waals surface area contributed by atoms with Crippen molar-refractivity contribution in [3.63, 3.8) is 0 Å². The molecule has 1 fully saturated rings. The van der Waals surface area contributed by atoms with E-state index in [0.29, 0.717) is 49.0 Å². The van der Waals surface area contributed by atoms with Gasteiger partial charge in [-0.05, 0) is 61.8 Å². The van der Waals surface area contributed by atoms with E-state index in [0.717, 1.165) is 17.7 Å². The Morgan fingerprint density at radius 1 is 1.10 bits per heavy atom. The van der Waals surface area contributed by atoms with E-state index in [1.165, 1.54) is 16.9 Å². The fourth-order valence-corrected chi connectivity index (χ4v) is 5.71. The van der Waals surface area contributed by atoms with Crippen LogP contribution in [0.4, 0.5) is 5.69 Å². The number of piperidine rings is 1. The van der Waals surface area contributed by atoms with Crippen LogP contribution in [0.5, 0.6) is 11.5 Å². The number of carbonyl (C=O) groups is 2. The van der Waals surface area contributed by atoms with Crippen LogP contribution in [-0.4, -0.2) is 36.6 Å². The summed E-state index contributed by atoms with van der Waals surface area (Å²) in [6.07, 6.45) is 4.76. The molecule has 1 aromatic carbocycles. The minimum absolute atomic E-state index is 0.00143. The molecule has 6 nitrogen and oxygen atoms in total. The largest absolute Gasteiger partial charge is 0.454 e. The van der Waals surface area contributed by atoms with E-state index in [4.69, 9.17) is 9.47 Å². The van der Waals surface area contributed by atoms with Crippen LogP contribution in [0.15, 0.2) is 24.3 Å². The summed E-state index contributed by atoms with van der Waals surface area (Å²) < 4.78 is 10.7. The summed E-state index contributed by atoms with van der Waals surface area (Å²) in [6, 6.07) is 7.53. The summed E-state index contributed by atoms with van der Waals surface area (Å²) in [5.41, 5.74) is 2.07. The third-order valence-electron chi connectivity index (χ3n) is 6.33. The van der Waals surface area contributed by atoms with Crippen molar-refractivity contribution in [2.75, 3.05) is 25.2 Å². The van der Waals surface area contributed by atoms with Crippen molar-refractivity contribution in [1.82, 2.24) is 4.90 Å². The fourth-order valence-electron chi connectivity index (χ4n) is 4.53. The van der Waals surface area contributed by atoms with Crippen molar-refractivity contribution >= 4 is 28.8 Å². The van der Waals surface area contributed by atoms with E-state index in [-0.39, 0.29) is 24.5 Å². The highest BCUT2D eigenvalue weighted by molar-refractivity contribution is 7.14. The van der Waals surface area contributed by atoms with E-state index < -0.39 is 0 Å². The molecule has 30 heavy (non-hydrogen) atoms. The number of rotatable bonds is 3. The van der Waals surface area contributed by atoms with E-state index in [2.05, 4.69) is 18.3 Å². The predicted molar refractivity (Wildman–Crippen MR) is 115 cm³/mol. The molecule has 1 aliphatic carbocycles. The number of nitrogens with one attached hydrogen (secondary N) is 1. The van der Waals surface area contributed by atoms with E-state index >= 15 is 0 Å². The quantitative estimate of drug-likeness (QED) is 0.803. The van der Waals surface area contributed by atoms with E-state index in [1.54, 1.807) is 23.5 Å². The maximum atomic E-state index is 13.0. The second-order valence-corrected chi connectivity index (χ2v) is 9.67. The molecule has 2 aromatic rings. The van der Waals surface area contributed by atoms with Crippen LogP contribution in [-0.2, 0) is 17.6 Å². The number of fused-ring (bicyclic) bond motifs is 2. The normalized spacial score (nSPS) is 20.7. The Hall–Kier alpha value is -2.54. The van der Waals surface area contributed by atoms with Crippen molar-refractivity contribution in [2.24, 2.45) is 11.8 Å². The van der Waals surface area contributed by atoms with Crippen LogP contribution in [0.25, 0.3) is 0 Å². The van der Waals surface area contributed by atoms with Gasteiger partial charge in [-0.15, -0.1) is 11.3 Å². The third kappa shape index (κ3) is 3.78. The number of nitrogens with zero attached hydrogens (tertiary/aromatic N) is 1. The number of benzene rings is 1. The number of ether oxygens (including phenoxy) is 2. The number of aryl methyl sites for hydroxylation is 1. The summed E-state index contributed by atoms with van der Waals surface area (Å²) in [6.45, 7) is 3.74. The summed E-state index contributed by atoms with van der Waals surface area (Å²) in [4.78, 5) is 29.8. The molecule has 5 rings (SSSR count). The average Bonchev–Trinajstić information content (AvgIpc) is 3.39. The molecule has 0 radical (unpaired) electrons. The molecule has 2 amide bonds. The third-order valence-corrected chi connectivity index (χ3v) is 7.56. The molecule has 0 spiro atoms. The molecule has 3 heterocycles. The van der Waals surface area contributed by atoms with Crippen molar-refractivity contribution in [3.05, 3.63) is 39.6 Å². The molecule has 1 saturated heterocycles. The number of thiophene rings is 1. The summed E-state index contributed by atoms with van der Waals surface area (Å²) in [5.74, 6) is 2.09. The second kappa shape index (κ2) is 7.95. The number of likely N-dealkylation sites (tertiary alicyclic amines) is 1. The lowest BCUT2D eigenvalue weighted by Gasteiger charge is -2.31. The SMILES string of the molecule is CC1CCc2sc(C(=O)N3CCC(C(=O)Nc4ccc5c(c4)OCO5)CC3)cc2C1. The standard InChI is InChI=1S/C23H26N2O4S/c1-14-2-5-20-16(10-14)11-21(30-20)23(27)25-8-6-15(7-9-25)22(26)24-17-3-4-18-19(12-17)29-13-28-18/h3-4,11-12,14-15H,2,5-10,13H2,1H3,(H,24,26). The van der Waals surface area contributed by atoms with Gasteiger partial charge in [0.1, 0.15) is 0 Å². The lowest BCUT2D eigenvalue weighted by atomic mass is 9.90. The molecule has 0 bridgehead atoms. The van der Waals surface area contributed by atoms with E-state index in [9.17, 15) is 9.59 Å². The zero-order chi connectivity index (χ0) is 20.7. The number of amides is 2. The lowest BCUT2D eigenvalue weighted by molar-refractivity contribution is -0.121. The maximum absolute atomic E-state index is 13.0. The van der Waals surface area contributed by atoms with Crippen LogP contribution in [0.3, 0.4) is 0 Å². The van der Waals surface area contributed by atoms with Gasteiger partial charge in [0, 0.05) is 35.6 Å². The molecule has 3 aliphatic rings. The highest BCUT2D eigenvalue weighted by Gasteiger charge is 2.30. The molecule has 1 aromatic heterocycles. The van der Waals surface area contributed by atoms with Gasteiger partial charge in [0.15, 0.2) is 11.5 Å². The lowest BCUT2D eigenvalue weighted by Crippen LogP contribution is -2.41. The molecular weight excluding hydrogens is 400 g/mol. The fraction of sp³-hybridized carbons (Fsp3) is 0.478. The van der Waals surface area contributed by atoms with Crippen molar-refractivity contribution in [2.45, 2.75) is 39.0 Å². The highest BCUT2D eigenvalue weighted by atomic mass is 32.1. The average molecular weight is 427 g/mol. The number of hydrogen-bond acceptors (Lipinski definition) is 5. The Kier molecular flexibility index (Phi) is 5.15. The van der Waals surface area contributed by atoms with Gasteiger partial charge in [-0.3, -0.25) is 9.59 Å². The summed E-state index contributed by atoms with van der Waals surface area (Å²) >= 11 is 1.67. The van der Waals surface area contributed by atoms with Crippen LogP contribution >= 0.6 is 11.3 Å². The van der Waals surface area contributed by atoms with Gasteiger partial charge >= 0.3 is 0 Å². The molecule has 7 heteroatoms. The Balaban J connectivity index is 1.17. The first kappa shape index (κ1) is 19.4. The molecule has 1 atom stereocenters. The molecule has 0 saturated carbocycles. The Bertz CT molecular complexity index is 978. The van der Waals surface area contributed by atoms with Crippen molar-refractivity contribution in [1.29, 1.82) is 0 Å². The Labute approximate surface area is 180 Å². The van der Waals surface area contributed by atoms with Crippen LogP contribution in [0.2, 0.25) is 0 Å². The first-order chi connectivity index (χ1) is 14.6. The van der Waals surface area contributed by atoms with Gasteiger partial charge in [-0.2, -0.15) is 0 Å².